The molecular formula is C15H13FN2O2. The highest BCUT2D eigenvalue weighted by Crippen LogP contribution is 2.21. The second kappa shape index (κ2) is 4.94. The quantitative estimate of drug-likeness (QED) is 0.684. The Balaban J connectivity index is 1.85. The normalized spacial score (nSPS) is 12.7. The van der Waals surface area contributed by atoms with Crippen LogP contribution in [0.15, 0.2) is 47.3 Å². The van der Waals surface area contributed by atoms with E-state index in [9.17, 15) is 14.3 Å². The van der Waals surface area contributed by atoms with Gasteiger partial charge in [0.1, 0.15) is 5.82 Å². The molecule has 3 N–H and O–H groups in total. The van der Waals surface area contributed by atoms with Crippen LogP contribution in [0.3, 0.4) is 0 Å². The summed E-state index contributed by atoms with van der Waals surface area (Å²) < 4.78 is 12.8. The number of aliphatic hydroxyl groups excluding tert-OH is 1. The molecule has 0 fully saturated rings. The van der Waals surface area contributed by atoms with Crippen LogP contribution in [0.25, 0.3) is 11.0 Å². The summed E-state index contributed by atoms with van der Waals surface area (Å²) in [4.78, 5) is 16.5. The van der Waals surface area contributed by atoms with E-state index >= 15 is 0 Å². The van der Waals surface area contributed by atoms with Crippen LogP contribution in [-0.4, -0.2) is 15.1 Å². The van der Waals surface area contributed by atoms with E-state index in [4.69, 9.17) is 0 Å². The molecule has 1 unspecified atom stereocenters. The third-order valence-corrected chi connectivity index (χ3v) is 3.27. The fraction of sp³-hybridized carbons (Fsp3) is 0.133. The molecule has 3 rings (SSSR count). The molecule has 1 heterocycles. The van der Waals surface area contributed by atoms with Crippen molar-refractivity contribution in [1.29, 1.82) is 0 Å². The summed E-state index contributed by atoms with van der Waals surface area (Å²) in [6.45, 7) is 0. The molecule has 0 saturated carbocycles. The fourth-order valence-corrected chi connectivity index (χ4v) is 2.22. The van der Waals surface area contributed by atoms with E-state index in [2.05, 4.69) is 9.97 Å². The van der Waals surface area contributed by atoms with E-state index in [-0.39, 0.29) is 11.5 Å². The van der Waals surface area contributed by atoms with Crippen LogP contribution in [0.4, 0.5) is 4.39 Å². The Bertz CT molecular complexity index is 789. The van der Waals surface area contributed by atoms with Crippen LogP contribution in [-0.2, 0) is 6.42 Å². The Morgan fingerprint density at radius 1 is 1.05 bits per heavy atom. The lowest BCUT2D eigenvalue weighted by molar-refractivity contribution is 0.178. The highest BCUT2D eigenvalue weighted by atomic mass is 19.1. The molecular weight excluding hydrogens is 259 g/mol. The number of benzene rings is 2. The number of imidazole rings is 1. The van der Waals surface area contributed by atoms with E-state index in [1.54, 1.807) is 30.3 Å². The van der Waals surface area contributed by atoms with Gasteiger partial charge >= 0.3 is 5.69 Å². The topological polar surface area (TPSA) is 68.9 Å². The Morgan fingerprint density at radius 3 is 2.50 bits per heavy atom. The van der Waals surface area contributed by atoms with Gasteiger partial charge in [0.25, 0.3) is 0 Å². The maximum atomic E-state index is 12.8. The number of aromatic amines is 2. The number of aromatic nitrogens is 2. The van der Waals surface area contributed by atoms with Crippen molar-refractivity contribution in [2.75, 3.05) is 0 Å². The van der Waals surface area contributed by atoms with E-state index in [1.807, 2.05) is 0 Å². The maximum absolute atomic E-state index is 12.8. The number of fused-ring (bicyclic) bond motifs is 1. The van der Waals surface area contributed by atoms with Crippen LogP contribution in [0.1, 0.15) is 17.2 Å². The molecule has 20 heavy (non-hydrogen) atoms. The molecule has 1 aromatic heterocycles. The van der Waals surface area contributed by atoms with Gasteiger partial charge in [-0.25, -0.2) is 9.18 Å². The zero-order valence-corrected chi connectivity index (χ0v) is 10.6. The van der Waals surface area contributed by atoms with Gasteiger partial charge in [-0.05, 0) is 35.4 Å². The van der Waals surface area contributed by atoms with Gasteiger partial charge in [0.15, 0.2) is 0 Å². The van der Waals surface area contributed by atoms with Gasteiger partial charge < -0.3 is 15.1 Å². The molecule has 5 heteroatoms. The van der Waals surface area contributed by atoms with Gasteiger partial charge in [-0.1, -0.05) is 18.2 Å². The van der Waals surface area contributed by atoms with Crippen molar-refractivity contribution >= 4 is 11.0 Å². The molecule has 3 aromatic rings. The van der Waals surface area contributed by atoms with Crippen LogP contribution < -0.4 is 5.69 Å². The second-order valence-corrected chi connectivity index (χ2v) is 4.73. The first-order valence-corrected chi connectivity index (χ1v) is 6.26. The number of H-pyrrole nitrogens is 2. The van der Waals surface area contributed by atoms with Crippen molar-refractivity contribution in [2.45, 2.75) is 12.5 Å². The number of hydrogen-bond acceptors (Lipinski definition) is 2. The van der Waals surface area contributed by atoms with Gasteiger partial charge in [-0.15, -0.1) is 0 Å². The molecule has 102 valence electrons. The summed E-state index contributed by atoms with van der Waals surface area (Å²) >= 11 is 0. The van der Waals surface area contributed by atoms with Crippen LogP contribution >= 0.6 is 0 Å². The molecule has 2 aromatic carbocycles. The summed E-state index contributed by atoms with van der Waals surface area (Å²) in [5.41, 5.74) is 2.64. The number of nitrogens with one attached hydrogen (secondary N) is 2. The minimum Gasteiger partial charge on any atom is -0.388 e. The first-order chi connectivity index (χ1) is 9.61. The van der Waals surface area contributed by atoms with E-state index in [1.165, 1.54) is 12.1 Å². The lowest BCUT2D eigenvalue weighted by Gasteiger charge is -2.11. The highest BCUT2D eigenvalue weighted by molar-refractivity contribution is 5.75. The number of aliphatic hydroxyl groups is 1. The van der Waals surface area contributed by atoms with E-state index < -0.39 is 6.10 Å². The summed E-state index contributed by atoms with van der Waals surface area (Å²) in [6.07, 6.45) is -0.316. The molecule has 4 nitrogen and oxygen atoms in total. The predicted molar refractivity (Wildman–Crippen MR) is 74.0 cm³/mol. The lowest BCUT2D eigenvalue weighted by Crippen LogP contribution is -2.02. The first kappa shape index (κ1) is 12.6. The second-order valence-electron chi connectivity index (χ2n) is 4.73. The van der Waals surface area contributed by atoms with Crippen molar-refractivity contribution in [3.8, 4) is 0 Å². The predicted octanol–water partition coefficient (Wildman–Crippen LogP) is 2.27. The fourth-order valence-electron chi connectivity index (χ4n) is 2.22. The summed E-state index contributed by atoms with van der Waals surface area (Å²) in [5.74, 6) is -0.297. The van der Waals surface area contributed by atoms with Gasteiger partial charge in [-0.2, -0.15) is 0 Å². The number of halogens is 1. The van der Waals surface area contributed by atoms with Crippen molar-refractivity contribution in [1.82, 2.24) is 9.97 Å². The molecule has 1 atom stereocenters. The Hall–Kier alpha value is -2.40. The molecule has 0 aliphatic carbocycles. The Kier molecular flexibility index (Phi) is 3.12. The largest absolute Gasteiger partial charge is 0.388 e. The Labute approximate surface area is 113 Å². The molecule has 0 bridgehead atoms. The van der Waals surface area contributed by atoms with Gasteiger partial charge in [0.05, 0.1) is 17.1 Å². The zero-order chi connectivity index (χ0) is 14.1. The van der Waals surface area contributed by atoms with Gasteiger partial charge in [0, 0.05) is 6.42 Å². The molecule has 0 radical (unpaired) electrons. The third kappa shape index (κ3) is 2.48. The van der Waals surface area contributed by atoms with Crippen LogP contribution in [0.5, 0.6) is 0 Å². The molecule has 0 aliphatic rings. The monoisotopic (exact) mass is 272 g/mol. The van der Waals surface area contributed by atoms with E-state index in [0.29, 0.717) is 23.0 Å². The maximum Gasteiger partial charge on any atom is 0.323 e. The average Bonchev–Trinajstić information content (AvgIpc) is 2.80. The standard InChI is InChI=1S/C15H13FN2O2/c16-11-4-1-9(2-5-11)7-14(19)10-3-6-12-13(8-10)18-15(20)17-12/h1-6,8,14,19H,7H2,(H2,17,18,20). The van der Waals surface area contributed by atoms with Gasteiger partial charge in [0.2, 0.25) is 0 Å². The minimum absolute atomic E-state index is 0.273. The smallest absolute Gasteiger partial charge is 0.323 e. The minimum atomic E-state index is -0.705. The highest BCUT2D eigenvalue weighted by Gasteiger charge is 2.10. The molecule has 0 saturated heterocycles. The van der Waals surface area contributed by atoms with Crippen molar-refractivity contribution in [3.63, 3.8) is 0 Å². The summed E-state index contributed by atoms with van der Waals surface area (Å²) in [5, 5.41) is 10.2. The van der Waals surface area contributed by atoms with Crippen molar-refractivity contribution in [2.24, 2.45) is 0 Å². The molecule has 0 spiro atoms. The SMILES string of the molecule is O=c1[nH]c2ccc(C(O)Cc3ccc(F)cc3)cc2[nH]1. The number of rotatable bonds is 3. The first-order valence-electron chi connectivity index (χ1n) is 6.26. The number of hydrogen-bond donors (Lipinski definition) is 3. The third-order valence-electron chi connectivity index (χ3n) is 3.27. The lowest BCUT2D eigenvalue weighted by atomic mass is 10.0. The Morgan fingerprint density at radius 2 is 1.75 bits per heavy atom. The average molecular weight is 272 g/mol. The zero-order valence-electron chi connectivity index (χ0n) is 10.6. The van der Waals surface area contributed by atoms with Crippen LogP contribution in [0, 0.1) is 5.82 Å². The summed E-state index contributed by atoms with van der Waals surface area (Å²) in [7, 11) is 0. The van der Waals surface area contributed by atoms with Crippen LogP contribution in [0.2, 0.25) is 0 Å². The molecule has 0 amide bonds. The van der Waals surface area contributed by atoms with Gasteiger partial charge in [-0.3, -0.25) is 0 Å². The summed E-state index contributed by atoms with van der Waals surface area (Å²) in [6, 6.07) is 11.3. The van der Waals surface area contributed by atoms with Crippen molar-refractivity contribution < 1.29 is 9.50 Å². The van der Waals surface area contributed by atoms with Crippen molar-refractivity contribution in [3.05, 3.63) is 69.9 Å². The molecule has 0 aliphatic heterocycles. The van der Waals surface area contributed by atoms with E-state index in [0.717, 1.165) is 5.56 Å².